The van der Waals surface area contributed by atoms with Crippen molar-refractivity contribution in [3.63, 3.8) is 0 Å². The first-order valence-electron chi connectivity index (χ1n) is 13.9. The number of ether oxygens (including phenoxy) is 1. The van der Waals surface area contributed by atoms with Crippen LogP contribution in [0.5, 0.6) is 0 Å². The summed E-state index contributed by atoms with van der Waals surface area (Å²) in [5.41, 5.74) is 7.74. The molecule has 0 radical (unpaired) electrons. The minimum atomic E-state index is -0.707. The summed E-state index contributed by atoms with van der Waals surface area (Å²) in [6.45, 7) is 7.45. The fraction of sp³-hybridized carbons (Fsp3) is 0.229. The zero-order valence-corrected chi connectivity index (χ0v) is 29.4. The average Bonchev–Trinajstić information content (AvgIpc) is 3.04. The number of carbonyl (C=O) groups excluding carboxylic acids is 2. The summed E-state index contributed by atoms with van der Waals surface area (Å²) in [7, 11) is 1.35. The van der Waals surface area contributed by atoms with E-state index in [9.17, 15) is 9.59 Å². The molecule has 0 fully saturated rings. The second kappa shape index (κ2) is 18.0. The van der Waals surface area contributed by atoms with E-state index >= 15 is 0 Å². The molecule has 0 aliphatic rings. The molecular formula is C35H37N2O4PrS. The van der Waals surface area contributed by atoms with Crippen LogP contribution in [0.2, 0.25) is 0 Å². The molecule has 220 valence electrons. The van der Waals surface area contributed by atoms with Gasteiger partial charge in [0.1, 0.15) is 6.04 Å². The van der Waals surface area contributed by atoms with Gasteiger partial charge in [-0.15, -0.1) is 0 Å². The molecular weight excluding hydrogens is 685 g/mol. The molecule has 4 aromatic carbocycles. The molecule has 0 saturated carbocycles. The number of nitrogens with zero attached hydrogens (tertiary/aromatic N) is 1. The summed E-state index contributed by atoms with van der Waals surface area (Å²) in [6, 6.07) is 31.9. The van der Waals surface area contributed by atoms with Crippen LogP contribution in [0.3, 0.4) is 0 Å². The van der Waals surface area contributed by atoms with Crippen molar-refractivity contribution in [2.75, 3.05) is 24.0 Å². The third-order valence-corrected chi connectivity index (χ3v) is 7.70. The number of carbonyl (C=O) groups is 2. The van der Waals surface area contributed by atoms with Crippen LogP contribution < -0.4 is 10.2 Å². The fourth-order valence-corrected chi connectivity index (χ4v) is 5.29. The zero-order valence-electron chi connectivity index (χ0n) is 24.9. The molecule has 4 rings (SSSR count). The van der Waals surface area contributed by atoms with Gasteiger partial charge in [0.25, 0.3) is 5.91 Å². The van der Waals surface area contributed by atoms with Gasteiger partial charge in [0.05, 0.1) is 7.11 Å². The van der Waals surface area contributed by atoms with Gasteiger partial charge >= 0.3 is 46.3 Å². The third kappa shape index (κ3) is 10.0. The van der Waals surface area contributed by atoms with E-state index in [1.807, 2.05) is 67.8 Å². The van der Waals surface area contributed by atoms with Crippen molar-refractivity contribution in [3.05, 3.63) is 132 Å². The van der Waals surface area contributed by atoms with Gasteiger partial charge in [-0.2, -0.15) is 36.4 Å². The molecule has 8 heteroatoms. The van der Waals surface area contributed by atoms with E-state index in [1.165, 1.54) is 12.7 Å². The number of thioether (sulfide) groups is 1. The van der Waals surface area contributed by atoms with E-state index in [-0.39, 0.29) is 45.2 Å². The van der Waals surface area contributed by atoms with Crippen LogP contribution in [-0.4, -0.2) is 37.0 Å². The van der Waals surface area contributed by atoms with Crippen LogP contribution in [0, 0.1) is 53.2 Å². The Morgan fingerprint density at radius 2 is 1.53 bits per heavy atom. The van der Waals surface area contributed by atoms with Crippen molar-refractivity contribution in [2.45, 2.75) is 32.5 Å². The van der Waals surface area contributed by atoms with Gasteiger partial charge in [-0.05, 0) is 65.3 Å². The molecule has 1 atom stereocenters. The Balaban J connectivity index is 0.00000248. The van der Waals surface area contributed by atoms with Gasteiger partial charge in [-0.25, -0.2) is 4.79 Å². The predicted octanol–water partition coefficient (Wildman–Crippen LogP) is 6.96. The van der Waals surface area contributed by atoms with Gasteiger partial charge in [0, 0.05) is 24.3 Å². The summed E-state index contributed by atoms with van der Waals surface area (Å²) in [5.74, 6) is 0.000430. The number of nitrogens with one attached hydrogen (secondary N) is 1. The average molecular weight is 723 g/mol. The summed E-state index contributed by atoms with van der Waals surface area (Å²) >= 11 is 1.54. The van der Waals surface area contributed by atoms with Crippen LogP contribution in [-0.2, 0) is 23.6 Å². The van der Waals surface area contributed by atoms with E-state index in [2.05, 4.69) is 59.6 Å². The van der Waals surface area contributed by atoms with Crippen LogP contribution in [0.1, 0.15) is 39.0 Å². The van der Waals surface area contributed by atoms with E-state index in [0.29, 0.717) is 18.5 Å². The Hall–Kier alpha value is -3.00. The molecule has 0 bridgehead atoms. The molecule has 0 aliphatic carbocycles. The maximum atomic E-state index is 13.6. The molecule has 0 aromatic heterocycles. The topological polar surface area (TPSA) is 75.7 Å². The van der Waals surface area contributed by atoms with Crippen LogP contribution in [0.25, 0.3) is 11.1 Å². The molecule has 0 saturated heterocycles. The first kappa shape index (κ1) is 34.5. The van der Waals surface area contributed by atoms with Gasteiger partial charge < -0.3 is 15.0 Å². The fourth-order valence-electron chi connectivity index (χ4n) is 4.82. The first-order valence-corrected chi connectivity index (χ1v) is 16.8. The molecule has 0 spiro atoms. The quantitative estimate of drug-likeness (QED) is 0.126. The minimum absolute atomic E-state index is 0.0833. The normalized spacial score (nSPS) is 11.1. The number of amides is 1. The molecule has 4 aromatic rings. The third-order valence-electron chi connectivity index (χ3n) is 7.06. The van der Waals surface area contributed by atoms with E-state index in [1.54, 1.807) is 11.8 Å². The first-order chi connectivity index (χ1) is 20.9. The standard InChI is InChI=1S/C35H37N2O3S.O.Pr/c1-25-14-17-29(18-15-25)37(23-27-11-6-5-7-12-27)24-28-16-19-31(32(22-28)30-13-9-8-10-26(30)2)34(38)36-33(20-21-41-4)35(39)40-3;;/h5-19,22,33H,1,20-21,23-24H2,2-4H3,(H,36,38);;/q-1;;+1. The maximum absolute atomic E-state index is 13.6. The van der Waals surface area contributed by atoms with E-state index in [0.717, 1.165) is 45.8 Å². The van der Waals surface area contributed by atoms with Crippen LogP contribution in [0.15, 0.2) is 97.1 Å². The number of rotatable bonds is 12. The number of aryl methyl sites for hydroxylation is 1. The summed E-state index contributed by atoms with van der Waals surface area (Å²) in [4.78, 5) is 28.4. The SMILES string of the molecule is [CH2-]c1ccc(N(Cc2ccccc2)Cc2ccc(C(=O)NC(CCSC)C(=O)OC)c(-c3ccccc3C)c2)cc1.[O]=[Pr+]. The van der Waals surface area contributed by atoms with Crippen molar-refractivity contribution in [1.82, 2.24) is 5.32 Å². The molecule has 1 amide bonds. The Labute approximate surface area is 286 Å². The van der Waals surface area contributed by atoms with Crippen LogP contribution in [0.4, 0.5) is 5.69 Å². The van der Waals surface area contributed by atoms with Gasteiger partial charge in [-0.3, -0.25) is 4.79 Å². The Bertz CT molecular complexity index is 1480. The van der Waals surface area contributed by atoms with Gasteiger partial charge in [-0.1, -0.05) is 72.8 Å². The number of methoxy groups -OCH3 is 1. The molecule has 0 aliphatic heterocycles. The van der Waals surface area contributed by atoms with E-state index < -0.39 is 12.0 Å². The van der Waals surface area contributed by atoms with Gasteiger partial charge in [0.15, 0.2) is 0 Å². The number of benzene rings is 4. The van der Waals surface area contributed by atoms with Crippen molar-refractivity contribution in [2.24, 2.45) is 0 Å². The second-order valence-corrected chi connectivity index (χ2v) is 11.0. The Kier molecular flexibility index (Phi) is 14.4. The second-order valence-electron chi connectivity index (χ2n) is 10.0. The summed E-state index contributed by atoms with van der Waals surface area (Å²) in [6.07, 6.45) is 2.47. The number of hydrogen-bond donors (Lipinski definition) is 1. The van der Waals surface area contributed by atoms with Gasteiger partial charge in [0.2, 0.25) is 0 Å². The predicted molar refractivity (Wildman–Crippen MR) is 171 cm³/mol. The van der Waals surface area contributed by atoms with Crippen LogP contribution >= 0.6 is 11.8 Å². The molecule has 0 heterocycles. The summed E-state index contributed by atoms with van der Waals surface area (Å²) < 4.78 is 13.4. The molecule has 1 N–H and O–H groups in total. The molecule has 1 unspecified atom stereocenters. The number of anilines is 1. The summed E-state index contributed by atoms with van der Waals surface area (Å²) in [5, 5.41) is 2.93. The number of hydrogen-bond acceptors (Lipinski definition) is 6. The van der Waals surface area contributed by atoms with Crippen molar-refractivity contribution in [1.29, 1.82) is 0 Å². The van der Waals surface area contributed by atoms with E-state index in [4.69, 9.17) is 5.73 Å². The van der Waals surface area contributed by atoms with Crippen molar-refractivity contribution >= 4 is 29.3 Å². The number of esters is 1. The monoisotopic (exact) mass is 722 g/mol. The van der Waals surface area contributed by atoms with Crippen molar-refractivity contribution in [3.8, 4) is 11.1 Å². The molecule has 43 heavy (non-hydrogen) atoms. The molecule has 6 nitrogen and oxygen atoms in total. The Morgan fingerprint density at radius 1 is 0.884 bits per heavy atom. The van der Waals surface area contributed by atoms with Crippen molar-refractivity contribution < 1.29 is 54.7 Å². The zero-order chi connectivity index (χ0) is 31.2. The Morgan fingerprint density at radius 3 is 2.19 bits per heavy atom.